The standard InChI is InChI=1S/C23H22F2N2O4S/c1-16(2)31-21-11-7-19(8-12-21)26-23(28)15-27(20-9-3-17(24)4-10-20)32(29,30)22-13-5-18(25)6-14-22/h3-14,16H,15H2,1-2H3,(H,26,28). The Morgan fingerprint density at radius 3 is 1.97 bits per heavy atom. The van der Waals surface area contributed by atoms with E-state index in [4.69, 9.17) is 4.74 Å². The van der Waals surface area contributed by atoms with Crippen molar-refractivity contribution >= 4 is 27.3 Å². The van der Waals surface area contributed by atoms with E-state index in [0.717, 1.165) is 40.7 Å². The third-order valence-electron chi connectivity index (χ3n) is 4.31. The summed E-state index contributed by atoms with van der Waals surface area (Å²) in [6, 6.07) is 15.5. The molecule has 9 heteroatoms. The van der Waals surface area contributed by atoms with Crippen molar-refractivity contribution in [3.05, 3.63) is 84.4 Å². The van der Waals surface area contributed by atoms with Crippen molar-refractivity contribution in [3.8, 4) is 5.75 Å². The molecule has 1 N–H and O–H groups in total. The smallest absolute Gasteiger partial charge is 0.264 e. The molecule has 0 aliphatic heterocycles. The lowest BCUT2D eigenvalue weighted by Gasteiger charge is -2.24. The molecule has 3 aromatic rings. The van der Waals surface area contributed by atoms with E-state index in [-0.39, 0.29) is 16.7 Å². The van der Waals surface area contributed by atoms with E-state index in [1.54, 1.807) is 24.3 Å². The summed E-state index contributed by atoms with van der Waals surface area (Å²) in [5, 5.41) is 2.63. The number of carbonyl (C=O) groups excluding carboxylic acids is 1. The molecular weight excluding hydrogens is 438 g/mol. The maximum Gasteiger partial charge on any atom is 0.264 e. The highest BCUT2D eigenvalue weighted by molar-refractivity contribution is 7.92. The number of ether oxygens (including phenoxy) is 1. The van der Waals surface area contributed by atoms with Gasteiger partial charge < -0.3 is 10.1 Å². The second-order valence-electron chi connectivity index (χ2n) is 7.18. The topological polar surface area (TPSA) is 75.7 Å². The van der Waals surface area contributed by atoms with E-state index >= 15 is 0 Å². The van der Waals surface area contributed by atoms with Crippen LogP contribution in [0.15, 0.2) is 77.7 Å². The van der Waals surface area contributed by atoms with E-state index in [1.807, 2.05) is 13.8 Å². The van der Waals surface area contributed by atoms with E-state index in [2.05, 4.69) is 5.32 Å². The second-order valence-corrected chi connectivity index (χ2v) is 9.04. The monoisotopic (exact) mass is 460 g/mol. The Morgan fingerprint density at radius 2 is 1.44 bits per heavy atom. The van der Waals surface area contributed by atoms with Crippen LogP contribution in [-0.4, -0.2) is 27.0 Å². The summed E-state index contributed by atoms with van der Waals surface area (Å²) in [4.78, 5) is 12.5. The lowest BCUT2D eigenvalue weighted by molar-refractivity contribution is -0.114. The number of carbonyl (C=O) groups is 1. The molecule has 168 valence electrons. The predicted molar refractivity (Wildman–Crippen MR) is 118 cm³/mol. The number of anilines is 2. The van der Waals surface area contributed by atoms with Gasteiger partial charge in [0.05, 0.1) is 16.7 Å². The molecular formula is C23H22F2N2O4S. The Kier molecular flexibility index (Phi) is 7.09. The fourth-order valence-electron chi connectivity index (χ4n) is 2.88. The average molecular weight is 461 g/mol. The fourth-order valence-corrected chi connectivity index (χ4v) is 4.30. The third kappa shape index (κ3) is 5.82. The van der Waals surface area contributed by atoms with Gasteiger partial charge in [-0.15, -0.1) is 0 Å². The number of rotatable bonds is 8. The molecule has 0 aliphatic rings. The van der Waals surface area contributed by atoms with Crippen molar-refractivity contribution in [3.63, 3.8) is 0 Å². The first-order valence-electron chi connectivity index (χ1n) is 9.75. The van der Waals surface area contributed by atoms with Crippen LogP contribution in [0.25, 0.3) is 0 Å². The first kappa shape index (κ1) is 23.2. The molecule has 0 saturated heterocycles. The number of halogens is 2. The number of nitrogens with one attached hydrogen (secondary N) is 1. The zero-order valence-electron chi connectivity index (χ0n) is 17.5. The Morgan fingerprint density at radius 1 is 0.906 bits per heavy atom. The van der Waals surface area contributed by atoms with Crippen molar-refractivity contribution in [1.29, 1.82) is 0 Å². The lowest BCUT2D eigenvalue weighted by Crippen LogP contribution is -2.38. The largest absolute Gasteiger partial charge is 0.491 e. The van der Waals surface area contributed by atoms with Gasteiger partial charge in [0.25, 0.3) is 10.0 Å². The summed E-state index contributed by atoms with van der Waals surface area (Å²) in [5.41, 5.74) is 0.538. The van der Waals surface area contributed by atoms with Crippen LogP contribution in [0.2, 0.25) is 0 Å². The number of hydrogen-bond acceptors (Lipinski definition) is 4. The number of amides is 1. The van der Waals surface area contributed by atoms with Crippen LogP contribution in [0.5, 0.6) is 5.75 Å². The normalized spacial score (nSPS) is 11.3. The van der Waals surface area contributed by atoms with Crippen molar-refractivity contribution < 1.29 is 26.7 Å². The van der Waals surface area contributed by atoms with Crippen LogP contribution >= 0.6 is 0 Å². The molecule has 0 atom stereocenters. The van der Waals surface area contributed by atoms with Gasteiger partial charge in [-0.05, 0) is 86.6 Å². The van der Waals surface area contributed by atoms with E-state index in [9.17, 15) is 22.0 Å². The molecule has 0 heterocycles. The van der Waals surface area contributed by atoms with Crippen LogP contribution in [-0.2, 0) is 14.8 Å². The zero-order valence-corrected chi connectivity index (χ0v) is 18.3. The Balaban J connectivity index is 1.84. The molecule has 32 heavy (non-hydrogen) atoms. The zero-order chi connectivity index (χ0) is 23.3. The quantitative estimate of drug-likeness (QED) is 0.534. The SMILES string of the molecule is CC(C)Oc1ccc(NC(=O)CN(c2ccc(F)cc2)S(=O)(=O)c2ccc(F)cc2)cc1. The minimum atomic E-state index is -4.23. The highest BCUT2D eigenvalue weighted by Crippen LogP contribution is 2.25. The van der Waals surface area contributed by atoms with Crippen molar-refractivity contribution in [2.24, 2.45) is 0 Å². The summed E-state index contributed by atoms with van der Waals surface area (Å²) in [7, 11) is -4.23. The molecule has 0 unspecified atom stereocenters. The minimum Gasteiger partial charge on any atom is -0.491 e. The van der Waals surface area contributed by atoms with Crippen molar-refractivity contribution in [1.82, 2.24) is 0 Å². The van der Waals surface area contributed by atoms with Gasteiger partial charge in [0, 0.05) is 5.69 Å². The summed E-state index contributed by atoms with van der Waals surface area (Å²) in [5.74, 6) is -1.14. The van der Waals surface area contributed by atoms with Gasteiger partial charge in [-0.25, -0.2) is 17.2 Å². The highest BCUT2D eigenvalue weighted by atomic mass is 32.2. The van der Waals surface area contributed by atoms with Gasteiger partial charge in [-0.1, -0.05) is 0 Å². The Labute approximate surface area is 185 Å². The van der Waals surface area contributed by atoms with Gasteiger partial charge in [0.2, 0.25) is 5.91 Å². The molecule has 0 spiro atoms. The molecule has 1 amide bonds. The van der Waals surface area contributed by atoms with Crippen LogP contribution < -0.4 is 14.4 Å². The van der Waals surface area contributed by atoms with Crippen LogP contribution in [0, 0.1) is 11.6 Å². The number of hydrogen-bond donors (Lipinski definition) is 1. The predicted octanol–water partition coefficient (Wildman–Crippen LogP) is 4.59. The summed E-state index contributed by atoms with van der Waals surface area (Å²) < 4.78 is 59.4. The Hall–Kier alpha value is -3.46. The fraction of sp³-hybridized carbons (Fsp3) is 0.174. The van der Waals surface area contributed by atoms with E-state index in [1.165, 1.54) is 12.1 Å². The molecule has 0 aromatic heterocycles. The molecule has 0 aliphatic carbocycles. The summed E-state index contributed by atoms with van der Waals surface area (Å²) in [6.07, 6.45) is -0.00335. The van der Waals surface area contributed by atoms with Crippen LogP contribution in [0.3, 0.4) is 0 Å². The first-order valence-corrected chi connectivity index (χ1v) is 11.2. The Bertz CT molecular complexity index is 1160. The average Bonchev–Trinajstić information content (AvgIpc) is 2.74. The molecule has 3 rings (SSSR count). The number of nitrogens with zero attached hydrogens (tertiary/aromatic N) is 1. The summed E-state index contributed by atoms with van der Waals surface area (Å²) in [6.45, 7) is 3.21. The first-order chi connectivity index (χ1) is 15.1. The van der Waals surface area contributed by atoms with E-state index in [0.29, 0.717) is 11.4 Å². The molecule has 0 fully saturated rings. The molecule has 0 saturated carbocycles. The van der Waals surface area contributed by atoms with Gasteiger partial charge in [0.1, 0.15) is 23.9 Å². The van der Waals surface area contributed by atoms with Gasteiger partial charge in [0.15, 0.2) is 0 Å². The number of sulfonamides is 1. The van der Waals surface area contributed by atoms with Crippen molar-refractivity contribution in [2.45, 2.75) is 24.8 Å². The molecule has 0 bridgehead atoms. The van der Waals surface area contributed by atoms with Gasteiger partial charge in [-0.2, -0.15) is 0 Å². The van der Waals surface area contributed by atoms with Gasteiger partial charge in [-0.3, -0.25) is 9.10 Å². The second kappa shape index (κ2) is 9.78. The summed E-state index contributed by atoms with van der Waals surface area (Å²) >= 11 is 0. The van der Waals surface area contributed by atoms with Gasteiger partial charge >= 0.3 is 0 Å². The van der Waals surface area contributed by atoms with Crippen LogP contribution in [0.4, 0.5) is 20.2 Å². The van der Waals surface area contributed by atoms with E-state index < -0.39 is 34.1 Å². The number of benzene rings is 3. The van der Waals surface area contributed by atoms with Crippen molar-refractivity contribution in [2.75, 3.05) is 16.2 Å². The molecule has 0 radical (unpaired) electrons. The molecule has 6 nitrogen and oxygen atoms in total. The van der Waals surface area contributed by atoms with Crippen LogP contribution in [0.1, 0.15) is 13.8 Å². The maximum absolute atomic E-state index is 13.4. The maximum atomic E-state index is 13.4. The third-order valence-corrected chi connectivity index (χ3v) is 6.10. The highest BCUT2D eigenvalue weighted by Gasteiger charge is 2.27. The lowest BCUT2D eigenvalue weighted by atomic mass is 10.3. The molecule has 3 aromatic carbocycles. The minimum absolute atomic E-state index is 0.00335.